The summed E-state index contributed by atoms with van der Waals surface area (Å²) in [5.74, 6) is -0.187. The number of carbonyl (C=O) groups is 3. The molecule has 0 rings (SSSR count). The van der Waals surface area contributed by atoms with Crippen LogP contribution in [0.15, 0.2) is 35.5 Å². The Hall–Kier alpha value is -1.84. The van der Waals surface area contributed by atoms with Gasteiger partial charge in [0.25, 0.3) is 0 Å². The molecule has 126 valence electrons. The Morgan fingerprint density at radius 3 is 0.682 bits per heavy atom. The van der Waals surface area contributed by atoms with Crippen LogP contribution >= 0.6 is 0 Å². The monoisotopic (exact) mass is 352 g/mol. The van der Waals surface area contributed by atoms with E-state index in [0.29, 0.717) is 0 Å². The van der Waals surface area contributed by atoms with Crippen molar-refractivity contribution in [3.63, 3.8) is 0 Å². The third-order valence-corrected chi connectivity index (χ3v) is 1.24. The minimum Gasteiger partial charge on any atom is -0.512 e. The average Bonchev–Trinajstić information content (AvgIpc) is 2.10. The quantitative estimate of drug-likeness (QED) is 0.531. The zero-order valence-electron chi connectivity index (χ0n) is 13.7. The first kappa shape index (κ1) is 28.3. The summed E-state index contributed by atoms with van der Waals surface area (Å²) in [5, 5.41) is 25.1. The zero-order chi connectivity index (χ0) is 17.6. The molecule has 0 aromatic carbocycles. The van der Waals surface area contributed by atoms with Gasteiger partial charge in [-0.3, -0.25) is 14.4 Å². The molecule has 0 radical (unpaired) electrons. The van der Waals surface area contributed by atoms with Crippen molar-refractivity contribution in [2.75, 3.05) is 0 Å². The van der Waals surface area contributed by atoms with E-state index in [1.54, 1.807) is 0 Å². The second-order valence-electron chi connectivity index (χ2n) is 4.19. The number of hydrogen-bond acceptors (Lipinski definition) is 6. The summed E-state index contributed by atoms with van der Waals surface area (Å²) in [7, 11) is 0. The Kier molecular flexibility index (Phi) is 22.2. The molecule has 0 aliphatic carbocycles. The van der Waals surface area contributed by atoms with Gasteiger partial charge in [-0.25, -0.2) is 0 Å². The zero-order valence-corrected chi connectivity index (χ0v) is 15.0. The van der Waals surface area contributed by atoms with E-state index in [-0.39, 0.29) is 52.0 Å². The van der Waals surface area contributed by atoms with Gasteiger partial charge in [-0.05, 0) is 41.5 Å². The molecule has 0 heterocycles. The Labute approximate surface area is 142 Å². The van der Waals surface area contributed by atoms with Gasteiger partial charge >= 0.3 is 0 Å². The van der Waals surface area contributed by atoms with Crippen molar-refractivity contribution in [3.05, 3.63) is 35.5 Å². The van der Waals surface area contributed by atoms with E-state index >= 15 is 0 Å². The first-order valence-electron chi connectivity index (χ1n) is 6.02. The minimum atomic E-state index is -0.125. The predicted octanol–water partition coefficient (Wildman–Crippen LogP) is 3.11. The standard InChI is InChI=1S/3C5H8O2.Cr/c3*1-4(6)3-5(2)7;/h3*3,6H,1-2H3;/b3*4-3+;. The molecular formula is C15H24CrO6. The first-order valence-corrected chi connectivity index (χ1v) is 6.02. The van der Waals surface area contributed by atoms with Gasteiger partial charge in [0.05, 0.1) is 17.3 Å². The van der Waals surface area contributed by atoms with Gasteiger partial charge in [0.1, 0.15) is 0 Å². The molecule has 7 heteroatoms. The normalized spacial score (nSPS) is 10.9. The fraction of sp³-hybridized carbons (Fsp3) is 0.400. The molecule has 0 aliphatic rings. The van der Waals surface area contributed by atoms with Crippen molar-refractivity contribution in [3.8, 4) is 0 Å². The van der Waals surface area contributed by atoms with Gasteiger partial charge in [-0.2, -0.15) is 0 Å². The number of aliphatic hydroxyl groups excluding tert-OH is 3. The molecule has 0 aromatic rings. The molecule has 0 saturated carbocycles. The molecule has 22 heavy (non-hydrogen) atoms. The van der Waals surface area contributed by atoms with Gasteiger partial charge in [0.2, 0.25) is 0 Å². The SMILES string of the molecule is CC(=O)/C=C(\C)O.CC(=O)/C=C(\C)O.CC(=O)/C=C(\C)O.[Cr]. The first-order chi connectivity index (χ1) is 9.38. The molecule has 0 bridgehead atoms. The Bertz CT molecular complexity index is 368. The van der Waals surface area contributed by atoms with Crippen molar-refractivity contribution >= 4 is 17.3 Å². The van der Waals surface area contributed by atoms with E-state index in [9.17, 15) is 14.4 Å². The molecule has 0 aromatic heterocycles. The molecular weight excluding hydrogens is 328 g/mol. The third kappa shape index (κ3) is 51.8. The van der Waals surface area contributed by atoms with Gasteiger partial charge in [0, 0.05) is 35.6 Å². The van der Waals surface area contributed by atoms with E-state index < -0.39 is 0 Å². The Morgan fingerprint density at radius 1 is 0.545 bits per heavy atom. The number of hydrogen-bond donors (Lipinski definition) is 3. The van der Waals surface area contributed by atoms with Crippen LogP contribution in [0, 0.1) is 0 Å². The van der Waals surface area contributed by atoms with E-state index in [1.807, 2.05) is 0 Å². The maximum absolute atomic E-state index is 10.0. The molecule has 0 atom stereocenters. The van der Waals surface area contributed by atoms with Crippen LogP contribution in [0.4, 0.5) is 0 Å². The Balaban J connectivity index is -0.000000108. The van der Waals surface area contributed by atoms with Crippen LogP contribution in [-0.2, 0) is 31.7 Å². The van der Waals surface area contributed by atoms with Crippen molar-refractivity contribution in [1.29, 1.82) is 0 Å². The number of carbonyl (C=O) groups excluding carboxylic acids is 3. The molecule has 3 N–H and O–H groups in total. The molecule has 0 spiro atoms. The van der Waals surface area contributed by atoms with Crippen molar-refractivity contribution in [1.82, 2.24) is 0 Å². The fourth-order valence-electron chi connectivity index (χ4n) is 0.882. The molecule has 6 nitrogen and oxygen atoms in total. The van der Waals surface area contributed by atoms with Crippen molar-refractivity contribution in [2.24, 2.45) is 0 Å². The van der Waals surface area contributed by atoms with Crippen LogP contribution < -0.4 is 0 Å². The van der Waals surface area contributed by atoms with Gasteiger partial charge in [-0.15, -0.1) is 0 Å². The smallest absolute Gasteiger partial charge is 0.155 e. The summed E-state index contributed by atoms with van der Waals surface area (Å²) in [4.78, 5) is 30.1. The topological polar surface area (TPSA) is 112 Å². The van der Waals surface area contributed by atoms with Gasteiger partial charge in [0.15, 0.2) is 17.3 Å². The molecule has 0 saturated heterocycles. The second-order valence-corrected chi connectivity index (χ2v) is 4.19. The number of aliphatic hydroxyl groups is 3. The maximum Gasteiger partial charge on any atom is 0.155 e. The number of ketones is 3. The van der Waals surface area contributed by atoms with Crippen LogP contribution in [0.3, 0.4) is 0 Å². The summed E-state index contributed by atoms with van der Waals surface area (Å²) >= 11 is 0. The maximum atomic E-state index is 10.0. The molecule has 0 fully saturated rings. The van der Waals surface area contributed by atoms with E-state index in [4.69, 9.17) is 15.3 Å². The minimum absolute atomic E-state index is 0. The van der Waals surface area contributed by atoms with Crippen molar-refractivity contribution in [2.45, 2.75) is 41.5 Å². The van der Waals surface area contributed by atoms with Crippen LogP contribution in [0.5, 0.6) is 0 Å². The number of rotatable bonds is 3. The van der Waals surface area contributed by atoms with Gasteiger partial charge < -0.3 is 15.3 Å². The third-order valence-electron chi connectivity index (χ3n) is 1.24. The molecule has 0 aliphatic heterocycles. The van der Waals surface area contributed by atoms with Crippen molar-refractivity contribution < 1.29 is 47.1 Å². The summed E-state index contributed by atoms with van der Waals surface area (Å²) in [6.07, 6.45) is 3.50. The number of allylic oxidation sites excluding steroid dienone is 6. The summed E-state index contributed by atoms with van der Waals surface area (Å²) in [6.45, 7) is 8.54. The van der Waals surface area contributed by atoms with Crippen LogP contribution in [-0.4, -0.2) is 32.7 Å². The second kappa shape index (κ2) is 17.2. The van der Waals surface area contributed by atoms with Crippen LogP contribution in [0.25, 0.3) is 0 Å². The van der Waals surface area contributed by atoms with Crippen LogP contribution in [0.2, 0.25) is 0 Å². The Morgan fingerprint density at radius 2 is 0.682 bits per heavy atom. The molecule has 0 amide bonds. The predicted molar refractivity (Wildman–Crippen MR) is 81.2 cm³/mol. The summed E-state index contributed by atoms with van der Waals surface area (Å²) in [6, 6.07) is 0. The summed E-state index contributed by atoms with van der Waals surface area (Å²) in [5.41, 5.74) is 0. The molecule has 0 unspecified atom stereocenters. The van der Waals surface area contributed by atoms with Crippen LogP contribution in [0.1, 0.15) is 41.5 Å². The largest absolute Gasteiger partial charge is 0.512 e. The van der Waals surface area contributed by atoms with Gasteiger partial charge in [-0.1, -0.05) is 0 Å². The van der Waals surface area contributed by atoms with E-state index in [2.05, 4.69) is 0 Å². The van der Waals surface area contributed by atoms with E-state index in [1.165, 1.54) is 59.8 Å². The summed E-state index contributed by atoms with van der Waals surface area (Å²) < 4.78 is 0. The van der Waals surface area contributed by atoms with E-state index in [0.717, 1.165) is 0 Å². The average molecular weight is 352 g/mol. The fourth-order valence-corrected chi connectivity index (χ4v) is 0.882.